The first-order chi connectivity index (χ1) is 12.6. The lowest BCUT2D eigenvalue weighted by Gasteiger charge is -2.53. The smallest absolute Gasteiger partial charge is 0.334 e. The van der Waals surface area contributed by atoms with Crippen LogP contribution < -0.4 is 0 Å². The lowest BCUT2D eigenvalue weighted by molar-refractivity contribution is -0.406. The van der Waals surface area contributed by atoms with Crippen LogP contribution in [0, 0.1) is 0 Å². The summed E-state index contributed by atoms with van der Waals surface area (Å²) in [5.74, 6) is -4.20. The molecule has 2 fully saturated rings. The van der Waals surface area contributed by atoms with Crippen molar-refractivity contribution in [3.05, 3.63) is 0 Å². The third-order valence-electron chi connectivity index (χ3n) is 4.67. The molecular weight excluding hydrogens is 376 g/mol. The molecule has 27 heavy (non-hydrogen) atoms. The van der Waals surface area contributed by atoms with E-state index in [0.717, 1.165) is 0 Å². The van der Waals surface area contributed by atoms with Gasteiger partial charge in [0.05, 0.1) is 13.2 Å². The van der Waals surface area contributed by atoms with Gasteiger partial charge in [0.1, 0.15) is 49.3 Å². The van der Waals surface area contributed by atoms with E-state index in [1.54, 1.807) is 0 Å². The van der Waals surface area contributed by atoms with Crippen LogP contribution in [-0.2, 0) is 19.0 Å². The van der Waals surface area contributed by atoms with Crippen molar-refractivity contribution in [1.29, 1.82) is 0 Å². The zero-order chi connectivity index (χ0) is 20.5. The maximum absolute atomic E-state index is 11.7. The number of carbonyl (C=O) groups excluding carboxylic acids is 1. The van der Waals surface area contributed by atoms with Crippen LogP contribution in [0.5, 0.6) is 0 Å². The summed E-state index contributed by atoms with van der Waals surface area (Å²) in [6, 6.07) is 0. The number of hydrogen-bond donors (Lipinski definition) is 9. The van der Waals surface area contributed by atoms with E-state index < -0.39 is 86.5 Å². The maximum Gasteiger partial charge on any atom is 0.334 e. The SMILES string of the molecule is O=C(CO)OC1(C2O[C@H](CO)[C@H](O)[C@H](O)[C@H]2O)O[C@H](CO)[C@H](O)[C@H](O)[C@H]1O. The van der Waals surface area contributed by atoms with E-state index >= 15 is 0 Å². The van der Waals surface area contributed by atoms with Crippen molar-refractivity contribution in [3.8, 4) is 0 Å². The highest BCUT2D eigenvalue weighted by Gasteiger charge is 2.65. The molecule has 0 spiro atoms. The lowest BCUT2D eigenvalue weighted by atomic mass is 9.83. The monoisotopic (exact) mass is 400 g/mol. The molecule has 2 aliphatic rings. The Balaban J connectivity index is 2.51. The fraction of sp³-hybridized carbons (Fsp3) is 0.929. The number of carbonyl (C=O) groups is 1. The number of aliphatic hydroxyl groups is 9. The maximum atomic E-state index is 11.7. The minimum atomic E-state index is -2.81. The number of hydrogen-bond acceptors (Lipinski definition) is 13. The lowest BCUT2D eigenvalue weighted by Crippen LogP contribution is -2.76. The summed E-state index contributed by atoms with van der Waals surface area (Å²) in [5, 5.41) is 88.1. The highest BCUT2D eigenvalue weighted by atomic mass is 16.8. The normalized spacial score (nSPS) is 48.3. The molecule has 13 nitrogen and oxygen atoms in total. The van der Waals surface area contributed by atoms with E-state index in [1.165, 1.54) is 0 Å². The van der Waals surface area contributed by atoms with Crippen LogP contribution >= 0.6 is 0 Å². The van der Waals surface area contributed by atoms with Crippen LogP contribution in [0.4, 0.5) is 0 Å². The van der Waals surface area contributed by atoms with Gasteiger partial charge in [-0.3, -0.25) is 0 Å². The van der Waals surface area contributed by atoms with Crippen molar-refractivity contribution in [2.75, 3.05) is 19.8 Å². The summed E-state index contributed by atoms with van der Waals surface area (Å²) >= 11 is 0. The van der Waals surface area contributed by atoms with Crippen LogP contribution in [0.2, 0.25) is 0 Å². The fourth-order valence-electron chi connectivity index (χ4n) is 3.19. The third kappa shape index (κ3) is 3.81. The molecule has 2 unspecified atom stereocenters. The predicted molar refractivity (Wildman–Crippen MR) is 79.7 cm³/mol. The fourth-order valence-corrected chi connectivity index (χ4v) is 3.19. The molecule has 10 atom stereocenters. The summed E-state index contributed by atoms with van der Waals surface area (Å²) in [6.45, 7) is -2.98. The quantitative estimate of drug-likeness (QED) is 0.196. The van der Waals surface area contributed by atoms with Gasteiger partial charge in [-0.25, -0.2) is 4.79 Å². The summed E-state index contributed by atoms with van der Waals surface area (Å²) in [7, 11) is 0. The first-order valence-electron chi connectivity index (χ1n) is 8.10. The molecule has 0 amide bonds. The number of esters is 1. The third-order valence-corrected chi connectivity index (χ3v) is 4.67. The van der Waals surface area contributed by atoms with E-state index in [9.17, 15) is 45.6 Å². The van der Waals surface area contributed by atoms with Crippen LogP contribution in [-0.4, -0.2) is 132 Å². The second kappa shape index (κ2) is 8.59. The van der Waals surface area contributed by atoms with Crippen LogP contribution in [0.3, 0.4) is 0 Å². The Morgan fingerprint density at radius 2 is 1.37 bits per heavy atom. The second-order valence-corrected chi connectivity index (χ2v) is 6.37. The van der Waals surface area contributed by atoms with E-state index in [1.807, 2.05) is 0 Å². The van der Waals surface area contributed by atoms with Crippen LogP contribution in [0.25, 0.3) is 0 Å². The van der Waals surface area contributed by atoms with Crippen molar-refractivity contribution in [2.24, 2.45) is 0 Å². The standard InChI is InChI=1S/C14H24O13/c15-1-4-7(19)9(21)11(23)13(25-4)14(27-6(18)3-17)12(24)10(22)8(20)5(2-16)26-14/h4-5,7-13,15-17,19-24H,1-3H2/t4-,5-,7+,8+,9+,10+,11-,12-,13?,14?/m1/s1. The van der Waals surface area contributed by atoms with Crippen LogP contribution in [0.15, 0.2) is 0 Å². The Morgan fingerprint density at radius 3 is 1.89 bits per heavy atom. The summed E-state index contributed by atoms with van der Waals surface area (Å²) < 4.78 is 15.4. The van der Waals surface area contributed by atoms with Gasteiger partial charge >= 0.3 is 5.97 Å². The van der Waals surface area contributed by atoms with Crippen molar-refractivity contribution < 1.29 is 65.0 Å². The predicted octanol–water partition coefficient (Wildman–Crippen LogP) is -6.47. The largest absolute Gasteiger partial charge is 0.425 e. The molecule has 13 heteroatoms. The molecule has 0 bridgehead atoms. The molecule has 0 saturated carbocycles. The van der Waals surface area contributed by atoms with E-state index in [2.05, 4.69) is 0 Å². The van der Waals surface area contributed by atoms with E-state index in [0.29, 0.717) is 0 Å². The highest BCUT2D eigenvalue weighted by molar-refractivity contribution is 5.71. The Kier molecular flexibility index (Phi) is 7.10. The summed E-state index contributed by atoms with van der Waals surface area (Å²) in [6.07, 6.45) is -17.0. The Bertz CT molecular complexity index is 513. The van der Waals surface area contributed by atoms with E-state index in [-0.39, 0.29) is 0 Å². The van der Waals surface area contributed by atoms with Gasteiger partial charge in [-0.1, -0.05) is 0 Å². The Hall–Kier alpha value is -0.970. The molecule has 2 rings (SSSR count). The molecule has 0 radical (unpaired) electrons. The zero-order valence-electron chi connectivity index (χ0n) is 14.0. The molecule has 2 heterocycles. The average Bonchev–Trinajstić information content (AvgIpc) is 2.66. The topological polar surface area (TPSA) is 227 Å². The Labute approximate surface area is 152 Å². The first kappa shape index (κ1) is 22.3. The minimum absolute atomic E-state index is 0.851. The molecule has 2 saturated heterocycles. The van der Waals surface area contributed by atoms with Gasteiger partial charge in [-0.2, -0.15) is 0 Å². The second-order valence-electron chi connectivity index (χ2n) is 6.37. The Morgan fingerprint density at radius 1 is 0.815 bits per heavy atom. The van der Waals surface area contributed by atoms with Crippen molar-refractivity contribution in [1.82, 2.24) is 0 Å². The molecule has 0 aromatic heterocycles. The van der Waals surface area contributed by atoms with E-state index in [4.69, 9.17) is 19.3 Å². The number of rotatable bonds is 5. The van der Waals surface area contributed by atoms with Crippen molar-refractivity contribution in [3.63, 3.8) is 0 Å². The number of ether oxygens (including phenoxy) is 3. The number of aliphatic hydroxyl groups excluding tert-OH is 9. The van der Waals surface area contributed by atoms with Gasteiger partial charge in [0, 0.05) is 0 Å². The van der Waals surface area contributed by atoms with Crippen LogP contribution in [0.1, 0.15) is 0 Å². The van der Waals surface area contributed by atoms with Gasteiger partial charge < -0.3 is 60.2 Å². The summed E-state index contributed by atoms with van der Waals surface area (Å²) in [4.78, 5) is 11.7. The zero-order valence-corrected chi connectivity index (χ0v) is 14.0. The van der Waals surface area contributed by atoms with Crippen molar-refractivity contribution >= 4 is 5.97 Å². The van der Waals surface area contributed by atoms with Gasteiger partial charge in [0.2, 0.25) is 0 Å². The molecule has 0 aliphatic carbocycles. The molecule has 2 aliphatic heterocycles. The van der Waals surface area contributed by atoms with Gasteiger partial charge in [0.25, 0.3) is 5.79 Å². The van der Waals surface area contributed by atoms with Gasteiger partial charge in [-0.15, -0.1) is 0 Å². The average molecular weight is 400 g/mol. The highest BCUT2D eigenvalue weighted by Crippen LogP contribution is 2.40. The van der Waals surface area contributed by atoms with Gasteiger partial charge in [-0.05, 0) is 0 Å². The molecule has 158 valence electrons. The van der Waals surface area contributed by atoms with Gasteiger partial charge in [0.15, 0.2) is 12.2 Å². The summed E-state index contributed by atoms with van der Waals surface area (Å²) in [5.41, 5.74) is 0. The minimum Gasteiger partial charge on any atom is -0.425 e. The molecule has 0 aromatic carbocycles. The van der Waals surface area contributed by atoms with Crippen molar-refractivity contribution in [2.45, 2.75) is 60.7 Å². The molecule has 9 N–H and O–H groups in total. The first-order valence-corrected chi connectivity index (χ1v) is 8.10. The molecular formula is C14H24O13. The molecule has 0 aromatic rings.